The molecule has 1 saturated carbocycles. The second kappa shape index (κ2) is 5.37. The van der Waals surface area contributed by atoms with Gasteiger partial charge in [0.05, 0.1) is 11.0 Å². The van der Waals surface area contributed by atoms with Crippen molar-refractivity contribution in [3.8, 4) is 0 Å². The third-order valence-electron chi connectivity index (χ3n) is 3.90. The van der Waals surface area contributed by atoms with Gasteiger partial charge >= 0.3 is 0 Å². The van der Waals surface area contributed by atoms with Crippen molar-refractivity contribution >= 4 is 17.2 Å². The predicted molar refractivity (Wildman–Crippen MR) is 80.8 cm³/mol. The summed E-state index contributed by atoms with van der Waals surface area (Å²) in [5.41, 5.74) is 1.71. The fourth-order valence-electron chi connectivity index (χ4n) is 2.60. The molecule has 0 radical (unpaired) electrons. The molecule has 0 aliphatic heterocycles. The number of nitrogens with one attached hydrogen (secondary N) is 1. The van der Waals surface area contributed by atoms with Gasteiger partial charge in [-0.1, -0.05) is 37.3 Å². The molecule has 20 heavy (non-hydrogen) atoms. The molecule has 1 N–H and O–H groups in total. The molecule has 1 amide bonds. The van der Waals surface area contributed by atoms with Crippen molar-refractivity contribution in [1.29, 1.82) is 0 Å². The summed E-state index contributed by atoms with van der Waals surface area (Å²) in [4.78, 5) is 16.6. The Hall–Kier alpha value is -1.68. The van der Waals surface area contributed by atoms with E-state index in [0.29, 0.717) is 17.5 Å². The second-order valence-corrected chi connectivity index (χ2v) is 6.55. The Labute approximate surface area is 123 Å². The summed E-state index contributed by atoms with van der Waals surface area (Å²) in [7, 11) is 0. The van der Waals surface area contributed by atoms with Gasteiger partial charge in [-0.05, 0) is 30.7 Å². The number of nitrogens with zero attached hydrogens (tertiary/aromatic N) is 1. The maximum absolute atomic E-state index is 12.3. The minimum Gasteiger partial charge on any atom is -0.344 e. The van der Waals surface area contributed by atoms with Crippen molar-refractivity contribution < 1.29 is 4.79 Å². The van der Waals surface area contributed by atoms with Gasteiger partial charge in [0.1, 0.15) is 5.69 Å². The van der Waals surface area contributed by atoms with Crippen LogP contribution in [0.1, 0.15) is 40.4 Å². The largest absolute Gasteiger partial charge is 0.344 e. The van der Waals surface area contributed by atoms with E-state index >= 15 is 0 Å². The monoisotopic (exact) mass is 286 g/mol. The molecule has 1 aromatic heterocycles. The lowest BCUT2D eigenvalue weighted by Crippen LogP contribution is -2.30. The van der Waals surface area contributed by atoms with Crippen molar-refractivity contribution in [2.45, 2.75) is 26.3 Å². The fourth-order valence-corrected chi connectivity index (χ4v) is 3.19. The predicted octanol–water partition coefficient (Wildman–Crippen LogP) is 3.58. The second-order valence-electron chi connectivity index (χ2n) is 5.49. The first-order chi connectivity index (χ1) is 9.65. The number of thiazole rings is 1. The van der Waals surface area contributed by atoms with E-state index in [-0.39, 0.29) is 11.9 Å². The van der Waals surface area contributed by atoms with Gasteiger partial charge in [-0.25, -0.2) is 4.98 Å². The lowest BCUT2D eigenvalue weighted by atomic mass is 10.0. The van der Waals surface area contributed by atoms with Crippen LogP contribution in [0.2, 0.25) is 0 Å². The molecule has 4 heteroatoms. The van der Waals surface area contributed by atoms with Crippen LogP contribution in [0.3, 0.4) is 0 Å². The topological polar surface area (TPSA) is 42.0 Å². The smallest absolute Gasteiger partial charge is 0.271 e. The summed E-state index contributed by atoms with van der Waals surface area (Å²) < 4.78 is 0. The molecule has 0 spiro atoms. The summed E-state index contributed by atoms with van der Waals surface area (Å²) in [6.07, 6.45) is 1.18. The minimum absolute atomic E-state index is 0.0673. The molecule has 1 fully saturated rings. The molecule has 0 saturated heterocycles. The van der Waals surface area contributed by atoms with Gasteiger partial charge in [0, 0.05) is 5.38 Å². The number of rotatable bonds is 4. The Morgan fingerprint density at radius 1 is 1.40 bits per heavy atom. The Morgan fingerprint density at radius 2 is 2.10 bits per heavy atom. The van der Waals surface area contributed by atoms with Gasteiger partial charge in [-0.15, -0.1) is 11.3 Å². The maximum Gasteiger partial charge on any atom is 0.271 e. The number of aromatic nitrogens is 1. The van der Waals surface area contributed by atoms with Crippen LogP contribution in [0.15, 0.2) is 35.7 Å². The zero-order valence-corrected chi connectivity index (χ0v) is 12.5. The van der Waals surface area contributed by atoms with E-state index in [4.69, 9.17) is 0 Å². The van der Waals surface area contributed by atoms with Crippen LogP contribution in [-0.4, -0.2) is 10.9 Å². The van der Waals surface area contributed by atoms with Crippen LogP contribution in [0, 0.1) is 18.8 Å². The van der Waals surface area contributed by atoms with Gasteiger partial charge in [0.25, 0.3) is 5.91 Å². The molecule has 1 heterocycles. The fraction of sp³-hybridized carbons (Fsp3) is 0.375. The molecule has 1 aliphatic rings. The summed E-state index contributed by atoms with van der Waals surface area (Å²) >= 11 is 1.51. The van der Waals surface area contributed by atoms with E-state index < -0.39 is 0 Å². The standard InChI is InChI=1S/C16H18N2OS/c1-10-8-13(10)15(12-6-4-3-5-7-12)18-16(19)14-9-20-11(2)17-14/h3-7,9-10,13,15H,8H2,1-2H3,(H,18,19). The van der Waals surface area contributed by atoms with Crippen LogP contribution in [0.5, 0.6) is 0 Å². The first-order valence-corrected chi connectivity index (χ1v) is 7.81. The molecule has 3 rings (SSSR count). The van der Waals surface area contributed by atoms with Crippen molar-refractivity contribution in [2.75, 3.05) is 0 Å². The number of hydrogen-bond donors (Lipinski definition) is 1. The Morgan fingerprint density at radius 3 is 2.65 bits per heavy atom. The van der Waals surface area contributed by atoms with Gasteiger partial charge in [-0.3, -0.25) is 4.79 Å². The van der Waals surface area contributed by atoms with Crippen molar-refractivity contribution in [2.24, 2.45) is 11.8 Å². The highest BCUT2D eigenvalue weighted by Gasteiger charge is 2.41. The quantitative estimate of drug-likeness (QED) is 0.933. The zero-order valence-electron chi connectivity index (χ0n) is 11.7. The Balaban J connectivity index is 1.79. The summed E-state index contributed by atoms with van der Waals surface area (Å²) in [5, 5.41) is 5.91. The third-order valence-corrected chi connectivity index (χ3v) is 4.67. The van der Waals surface area contributed by atoms with Crippen LogP contribution in [0.4, 0.5) is 0 Å². The highest BCUT2D eigenvalue weighted by molar-refractivity contribution is 7.09. The molecular weight excluding hydrogens is 268 g/mol. The maximum atomic E-state index is 12.3. The zero-order chi connectivity index (χ0) is 14.1. The Bertz CT molecular complexity index is 608. The van der Waals surface area contributed by atoms with Crippen LogP contribution in [-0.2, 0) is 0 Å². The Kier molecular flexibility index (Phi) is 3.57. The molecule has 3 nitrogen and oxygen atoms in total. The van der Waals surface area contributed by atoms with E-state index in [0.717, 1.165) is 5.01 Å². The average Bonchev–Trinajstić information content (AvgIpc) is 3.00. The van der Waals surface area contributed by atoms with Crippen LogP contribution >= 0.6 is 11.3 Å². The van der Waals surface area contributed by atoms with E-state index in [9.17, 15) is 4.79 Å². The highest BCUT2D eigenvalue weighted by Crippen LogP contribution is 2.46. The minimum atomic E-state index is -0.0673. The molecule has 0 bridgehead atoms. The number of carbonyl (C=O) groups excluding carboxylic acids is 1. The van der Waals surface area contributed by atoms with Crippen molar-refractivity contribution in [3.63, 3.8) is 0 Å². The SMILES string of the molecule is Cc1nc(C(=O)NC(c2ccccc2)C2CC2C)cs1. The van der Waals surface area contributed by atoms with E-state index in [1.54, 1.807) is 0 Å². The van der Waals surface area contributed by atoms with Gasteiger partial charge in [0.2, 0.25) is 0 Å². The van der Waals surface area contributed by atoms with Crippen LogP contribution < -0.4 is 5.32 Å². The van der Waals surface area contributed by atoms with Gasteiger partial charge in [0.15, 0.2) is 0 Å². The molecule has 2 aromatic rings. The summed E-state index contributed by atoms with van der Waals surface area (Å²) in [6.45, 7) is 4.15. The number of hydrogen-bond acceptors (Lipinski definition) is 3. The molecule has 1 aliphatic carbocycles. The number of carbonyl (C=O) groups is 1. The molecule has 104 valence electrons. The summed E-state index contributed by atoms with van der Waals surface area (Å²) in [5.74, 6) is 1.15. The number of benzene rings is 1. The summed E-state index contributed by atoms with van der Waals surface area (Å²) in [6, 6.07) is 10.3. The van der Waals surface area contributed by atoms with E-state index in [2.05, 4.69) is 29.4 Å². The van der Waals surface area contributed by atoms with Crippen molar-refractivity contribution in [3.05, 3.63) is 52.0 Å². The van der Waals surface area contributed by atoms with Gasteiger partial charge < -0.3 is 5.32 Å². The average molecular weight is 286 g/mol. The van der Waals surface area contributed by atoms with E-state index in [1.807, 2.05) is 30.5 Å². The molecular formula is C16H18N2OS. The third kappa shape index (κ3) is 2.75. The van der Waals surface area contributed by atoms with E-state index in [1.165, 1.54) is 23.3 Å². The van der Waals surface area contributed by atoms with Crippen LogP contribution in [0.25, 0.3) is 0 Å². The normalized spacial score (nSPS) is 22.3. The number of amides is 1. The molecule has 3 atom stereocenters. The molecule has 3 unspecified atom stereocenters. The highest BCUT2D eigenvalue weighted by atomic mass is 32.1. The van der Waals surface area contributed by atoms with Gasteiger partial charge in [-0.2, -0.15) is 0 Å². The number of aryl methyl sites for hydroxylation is 1. The molecule has 1 aromatic carbocycles. The lowest BCUT2D eigenvalue weighted by molar-refractivity contribution is 0.0926. The first-order valence-electron chi connectivity index (χ1n) is 6.93. The van der Waals surface area contributed by atoms with Crippen molar-refractivity contribution in [1.82, 2.24) is 10.3 Å². The lowest BCUT2D eigenvalue weighted by Gasteiger charge is -2.18. The first kappa shape index (κ1) is 13.3.